The van der Waals surface area contributed by atoms with Crippen LogP contribution in [-0.2, 0) is 16.9 Å². The molecule has 1 heterocycles. The largest absolute Gasteiger partial charge is 0.465 e. The summed E-state index contributed by atoms with van der Waals surface area (Å²) in [5, 5.41) is 0.584. The van der Waals surface area contributed by atoms with E-state index in [0.29, 0.717) is 22.9 Å². The molecule has 1 aromatic heterocycles. The molecule has 0 aliphatic rings. The number of aromatic amines is 1. The molecule has 0 amide bonds. The van der Waals surface area contributed by atoms with E-state index in [1.807, 2.05) is 42.5 Å². The SMILES string of the molecule is COC(=O)c1ccc(CSc2nc(Cc3ccccc3)cc(=O)[nH]2)cc1. The van der Waals surface area contributed by atoms with Crippen LogP contribution >= 0.6 is 11.8 Å². The van der Waals surface area contributed by atoms with Gasteiger partial charge in [-0.05, 0) is 23.3 Å². The summed E-state index contributed by atoms with van der Waals surface area (Å²) >= 11 is 1.45. The number of nitrogens with one attached hydrogen (secondary N) is 1. The number of hydrogen-bond acceptors (Lipinski definition) is 5. The lowest BCUT2D eigenvalue weighted by molar-refractivity contribution is 0.0600. The van der Waals surface area contributed by atoms with Crippen LogP contribution in [0.4, 0.5) is 0 Å². The van der Waals surface area contributed by atoms with Gasteiger partial charge in [-0.2, -0.15) is 0 Å². The minimum Gasteiger partial charge on any atom is -0.465 e. The van der Waals surface area contributed by atoms with Gasteiger partial charge >= 0.3 is 5.97 Å². The van der Waals surface area contributed by atoms with Crippen LogP contribution in [0.3, 0.4) is 0 Å². The normalized spacial score (nSPS) is 10.5. The fourth-order valence-corrected chi connectivity index (χ4v) is 3.30. The lowest BCUT2D eigenvalue weighted by Gasteiger charge is -2.05. The molecule has 132 valence electrons. The number of hydrogen-bond donors (Lipinski definition) is 1. The van der Waals surface area contributed by atoms with E-state index < -0.39 is 0 Å². The van der Waals surface area contributed by atoms with E-state index in [2.05, 4.69) is 14.7 Å². The Balaban J connectivity index is 1.68. The number of nitrogens with zero attached hydrogens (tertiary/aromatic N) is 1. The quantitative estimate of drug-likeness (QED) is 0.411. The zero-order valence-corrected chi connectivity index (χ0v) is 15.1. The number of benzene rings is 2. The minimum atomic E-state index is -0.358. The number of methoxy groups -OCH3 is 1. The van der Waals surface area contributed by atoms with Crippen LogP contribution < -0.4 is 5.56 Å². The smallest absolute Gasteiger partial charge is 0.337 e. The van der Waals surface area contributed by atoms with Crippen molar-refractivity contribution in [2.45, 2.75) is 17.3 Å². The van der Waals surface area contributed by atoms with Crippen molar-refractivity contribution in [3.05, 3.63) is 93.4 Å². The molecule has 0 bridgehead atoms. The summed E-state index contributed by atoms with van der Waals surface area (Å²) in [6.07, 6.45) is 0.617. The van der Waals surface area contributed by atoms with Crippen LogP contribution in [0.2, 0.25) is 0 Å². The van der Waals surface area contributed by atoms with Crippen LogP contribution in [0.5, 0.6) is 0 Å². The van der Waals surface area contributed by atoms with Crippen molar-refractivity contribution in [2.75, 3.05) is 7.11 Å². The van der Waals surface area contributed by atoms with E-state index in [9.17, 15) is 9.59 Å². The highest BCUT2D eigenvalue weighted by atomic mass is 32.2. The van der Waals surface area contributed by atoms with Gasteiger partial charge in [0.1, 0.15) is 0 Å². The molecule has 0 saturated carbocycles. The number of rotatable bonds is 6. The number of H-pyrrole nitrogens is 1. The molecule has 0 aliphatic carbocycles. The first-order valence-corrected chi connectivity index (χ1v) is 9.07. The first-order chi connectivity index (χ1) is 12.6. The van der Waals surface area contributed by atoms with Crippen molar-refractivity contribution < 1.29 is 9.53 Å². The van der Waals surface area contributed by atoms with Gasteiger partial charge in [-0.15, -0.1) is 0 Å². The second-order valence-electron chi connectivity index (χ2n) is 5.68. The highest BCUT2D eigenvalue weighted by Gasteiger charge is 2.07. The maximum Gasteiger partial charge on any atom is 0.337 e. The Kier molecular flexibility index (Phi) is 5.86. The third-order valence-corrected chi connectivity index (χ3v) is 4.70. The first kappa shape index (κ1) is 17.9. The molecule has 26 heavy (non-hydrogen) atoms. The third-order valence-electron chi connectivity index (χ3n) is 3.75. The van der Waals surface area contributed by atoms with Crippen LogP contribution in [-0.4, -0.2) is 23.0 Å². The van der Waals surface area contributed by atoms with Crippen molar-refractivity contribution >= 4 is 17.7 Å². The number of ether oxygens (including phenoxy) is 1. The number of esters is 1. The predicted octanol–water partition coefficient (Wildman–Crippen LogP) is 3.44. The Bertz CT molecular complexity index is 937. The van der Waals surface area contributed by atoms with Crippen molar-refractivity contribution in [2.24, 2.45) is 0 Å². The monoisotopic (exact) mass is 366 g/mol. The average Bonchev–Trinajstić information content (AvgIpc) is 2.66. The molecular weight excluding hydrogens is 348 g/mol. The maximum absolute atomic E-state index is 11.9. The van der Waals surface area contributed by atoms with E-state index in [1.165, 1.54) is 24.9 Å². The Morgan fingerprint density at radius 1 is 1.08 bits per heavy atom. The standard InChI is InChI=1S/C20H18N2O3S/c1-25-19(24)16-9-7-15(8-10-16)13-26-20-21-17(12-18(23)22-20)11-14-5-3-2-4-6-14/h2-10,12H,11,13H2,1H3,(H,21,22,23). The predicted molar refractivity (Wildman–Crippen MR) is 101 cm³/mol. The number of thioether (sulfide) groups is 1. The maximum atomic E-state index is 11.9. The van der Waals surface area contributed by atoms with Crippen LogP contribution in [0.25, 0.3) is 0 Å². The van der Waals surface area contributed by atoms with E-state index in [0.717, 1.165) is 16.8 Å². The Morgan fingerprint density at radius 3 is 2.50 bits per heavy atom. The van der Waals surface area contributed by atoms with E-state index in [4.69, 9.17) is 0 Å². The van der Waals surface area contributed by atoms with Crippen molar-refractivity contribution in [1.29, 1.82) is 0 Å². The molecule has 0 aliphatic heterocycles. The first-order valence-electron chi connectivity index (χ1n) is 8.08. The molecule has 0 atom stereocenters. The molecule has 0 radical (unpaired) electrons. The molecule has 0 fully saturated rings. The molecule has 5 nitrogen and oxygen atoms in total. The van der Waals surface area contributed by atoms with Gasteiger partial charge in [0.05, 0.1) is 18.4 Å². The van der Waals surface area contributed by atoms with Gasteiger partial charge in [-0.1, -0.05) is 54.2 Å². The molecule has 1 N–H and O–H groups in total. The van der Waals surface area contributed by atoms with Crippen molar-refractivity contribution in [1.82, 2.24) is 9.97 Å². The second kappa shape index (κ2) is 8.49. The zero-order valence-electron chi connectivity index (χ0n) is 14.3. The molecular formula is C20H18N2O3S. The molecule has 0 saturated heterocycles. The van der Waals surface area contributed by atoms with Crippen molar-refractivity contribution in [3.8, 4) is 0 Å². The van der Waals surface area contributed by atoms with Gasteiger partial charge in [-0.25, -0.2) is 9.78 Å². The summed E-state index contributed by atoms with van der Waals surface area (Å²) in [5.74, 6) is 0.280. The summed E-state index contributed by atoms with van der Waals surface area (Å²) in [4.78, 5) is 30.7. The molecule has 6 heteroatoms. The van der Waals surface area contributed by atoms with E-state index in [1.54, 1.807) is 12.1 Å². The fraction of sp³-hybridized carbons (Fsp3) is 0.150. The molecule has 2 aromatic carbocycles. The van der Waals surface area contributed by atoms with Crippen molar-refractivity contribution in [3.63, 3.8) is 0 Å². The Labute approximate surface area is 155 Å². The Morgan fingerprint density at radius 2 is 1.81 bits per heavy atom. The number of carbonyl (C=O) groups excluding carboxylic acids is 1. The van der Waals surface area contributed by atoms with E-state index >= 15 is 0 Å². The average molecular weight is 366 g/mol. The summed E-state index contributed by atoms with van der Waals surface area (Å²) in [6, 6.07) is 18.6. The summed E-state index contributed by atoms with van der Waals surface area (Å²) in [6.45, 7) is 0. The Hall–Kier alpha value is -2.86. The molecule has 0 unspecified atom stereocenters. The molecule has 3 rings (SSSR count). The van der Waals surface area contributed by atoms with Crippen LogP contribution in [0.1, 0.15) is 27.2 Å². The van der Waals surface area contributed by atoms with Crippen LogP contribution in [0.15, 0.2) is 70.6 Å². The van der Waals surface area contributed by atoms with Crippen LogP contribution in [0, 0.1) is 0 Å². The molecule has 0 spiro atoms. The third kappa shape index (κ3) is 4.83. The minimum absolute atomic E-state index is 0.158. The van der Waals surface area contributed by atoms with Gasteiger partial charge in [0, 0.05) is 18.2 Å². The number of carbonyl (C=O) groups is 1. The van der Waals surface area contributed by atoms with Gasteiger partial charge < -0.3 is 9.72 Å². The number of aromatic nitrogens is 2. The van der Waals surface area contributed by atoms with Gasteiger partial charge in [0.2, 0.25) is 0 Å². The fourth-order valence-electron chi connectivity index (χ4n) is 2.45. The highest BCUT2D eigenvalue weighted by molar-refractivity contribution is 7.98. The highest BCUT2D eigenvalue weighted by Crippen LogP contribution is 2.19. The topological polar surface area (TPSA) is 72.0 Å². The van der Waals surface area contributed by atoms with Gasteiger partial charge in [0.25, 0.3) is 5.56 Å². The van der Waals surface area contributed by atoms with Gasteiger partial charge in [-0.3, -0.25) is 4.79 Å². The molecule has 3 aromatic rings. The summed E-state index contributed by atoms with van der Waals surface area (Å²) in [7, 11) is 1.36. The lowest BCUT2D eigenvalue weighted by atomic mass is 10.1. The second-order valence-corrected chi connectivity index (χ2v) is 6.65. The zero-order chi connectivity index (χ0) is 18.4. The summed E-state index contributed by atoms with van der Waals surface area (Å²) < 4.78 is 4.69. The van der Waals surface area contributed by atoms with E-state index in [-0.39, 0.29) is 11.5 Å². The summed E-state index contributed by atoms with van der Waals surface area (Å²) in [5.41, 5.74) is 3.23. The lowest BCUT2D eigenvalue weighted by Crippen LogP contribution is -2.10. The van der Waals surface area contributed by atoms with Gasteiger partial charge in [0.15, 0.2) is 5.16 Å².